The Morgan fingerprint density at radius 3 is 2.15 bits per heavy atom. The van der Waals surface area contributed by atoms with Crippen molar-refractivity contribution in [1.82, 2.24) is 0 Å². The summed E-state index contributed by atoms with van der Waals surface area (Å²) in [6.45, 7) is 0. The van der Waals surface area contributed by atoms with Crippen LogP contribution in [0, 0.1) is 0 Å². The van der Waals surface area contributed by atoms with Gasteiger partial charge in [-0.15, -0.1) is 0 Å². The number of hydrogen-bond acceptors (Lipinski definition) is 3. The molecule has 0 aliphatic carbocycles. The summed E-state index contributed by atoms with van der Waals surface area (Å²) in [4.78, 5) is 20.9. The lowest BCUT2D eigenvalue weighted by atomic mass is 10.2. The zero-order chi connectivity index (χ0) is 9.84. The molecule has 0 aromatic heterocycles. The van der Waals surface area contributed by atoms with E-state index in [1.807, 2.05) is 0 Å². The van der Waals surface area contributed by atoms with Crippen molar-refractivity contribution in [2.75, 3.05) is 0 Å². The quantitative estimate of drug-likeness (QED) is 0.735. The van der Waals surface area contributed by atoms with Crippen LogP contribution in [0.2, 0.25) is 0 Å². The van der Waals surface area contributed by atoms with Crippen LogP contribution in [0.15, 0.2) is 24.3 Å². The molecule has 0 saturated carbocycles. The molecule has 0 fully saturated rings. The number of nitrogens with two attached hydrogens (primary N) is 1. The normalized spacial score (nSPS) is 9.31. The number of carbonyl (C=O) groups is 2. The molecule has 0 unspecified atom stereocenters. The van der Waals surface area contributed by atoms with Crippen LogP contribution in [-0.4, -0.2) is 11.3 Å². The number of ether oxygens (including phenoxy) is 1. The first kappa shape index (κ1) is 9.54. The lowest BCUT2D eigenvalue weighted by Gasteiger charge is -1.99. The maximum atomic E-state index is 10.6. The summed E-state index contributed by atoms with van der Waals surface area (Å²) in [5, 5.41) is 0. The molecule has 0 saturated heterocycles. The Labute approximate surface area is 79.2 Å². The van der Waals surface area contributed by atoms with Gasteiger partial charge >= 0.3 is 5.43 Å². The van der Waals surface area contributed by atoms with Crippen molar-refractivity contribution < 1.29 is 14.3 Å². The van der Waals surface area contributed by atoms with Crippen molar-refractivity contribution in [2.45, 2.75) is 0 Å². The van der Waals surface area contributed by atoms with Gasteiger partial charge in [0.1, 0.15) is 5.75 Å². The maximum absolute atomic E-state index is 10.6. The monoisotopic (exact) mass is 199 g/mol. The lowest BCUT2D eigenvalue weighted by molar-refractivity contribution is 0.100. The lowest BCUT2D eigenvalue weighted by Crippen LogP contribution is -2.10. The van der Waals surface area contributed by atoms with E-state index >= 15 is 0 Å². The fourth-order valence-electron chi connectivity index (χ4n) is 0.780. The molecule has 4 nitrogen and oxygen atoms in total. The van der Waals surface area contributed by atoms with Crippen molar-refractivity contribution in [3.05, 3.63) is 29.8 Å². The minimum atomic E-state index is -0.924. The van der Waals surface area contributed by atoms with Gasteiger partial charge in [0.2, 0.25) is 5.91 Å². The second kappa shape index (κ2) is 3.91. The van der Waals surface area contributed by atoms with Gasteiger partial charge in [-0.2, -0.15) is 0 Å². The van der Waals surface area contributed by atoms with Crippen molar-refractivity contribution in [3.63, 3.8) is 0 Å². The number of carbonyl (C=O) groups excluding carboxylic acids is 2. The van der Waals surface area contributed by atoms with E-state index in [-0.39, 0.29) is 5.75 Å². The predicted octanol–water partition coefficient (Wildman–Crippen LogP) is 1.52. The van der Waals surface area contributed by atoms with E-state index in [0.29, 0.717) is 5.56 Å². The average Bonchev–Trinajstić information content (AvgIpc) is 2.04. The Balaban J connectivity index is 2.81. The summed E-state index contributed by atoms with van der Waals surface area (Å²) in [6, 6.07) is 5.75. The van der Waals surface area contributed by atoms with Gasteiger partial charge in [0.15, 0.2) is 0 Å². The summed E-state index contributed by atoms with van der Waals surface area (Å²) in [7, 11) is 0. The molecular formula is C8H6ClNO3. The first-order valence-electron chi connectivity index (χ1n) is 3.37. The van der Waals surface area contributed by atoms with Crippen LogP contribution in [-0.2, 0) is 0 Å². The molecule has 1 amide bonds. The van der Waals surface area contributed by atoms with E-state index in [4.69, 9.17) is 17.3 Å². The average molecular weight is 200 g/mol. The number of halogens is 1. The molecule has 68 valence electrons. The maximum Gasteiger partial charge on any atom is 0.409 e. The highest BCUT2D eigenvalue weighted by Crippen LogP contribution is 2.12. The highest BCUT2D eigenvalue weighted by atomic mass is 35.5. The zero-order valence-electron chi connectivity index (χ0n) is 6.49. The van der Waals surface area contributed by atoms with Gasteiger partial charge in [0.05, 0.1) is 0 Å². The smallest absolute Gasteiger partial charge is 0.409 e. The van der Waals surface area contributed by atoms with Gasteiger partial charge in [0, 0.05) is 17.2 Å². The zero-order valence-corrected chi connectivity index (χ0v) is 7.25. The number of rotatable bonds is 2. The van der Waals surface area contributed by atoms with Crippen LogP contribution >= 0.6 is 11.6 Å². The van der Waals surface area contributed by atoms with Crippen LogP contribution in [0.5, 0.6) is 5.75 Å². The Bertz CT molecular complexity index is 334. The molecule has 0 spiro atoms. The summed E-state index contributed by atoms with van der Waals surface area (Å²) >= 11 is 4.96. The largest absolute Gasteiger partial charge is 0.415 e. The highest BCUT2D eigenvalue weighted by Gasteiger charge is 2.02. The van der Waals surface area contributed by atoms with E-state index < -0.39 is 11.3 Å². The molecule has 0 bridgehead atoms. The Morgan fingerprint density at radius 1 is 1.23 bits per heavy atom. The Hall–Kier alpha value is -1.55. The molecule has 5 heteroatoms. The third-order valence-electron chi connectivity index (χ3n) is 1.34. The second-order valence-corrected chi connectivity index (χ2v) is 2.54. The molecule has 1 aromatic rings. The van der Waals surface area contributed by atoms with Gasteiger partial charge < -0.3 is 10.5 Å². The van der Waals surface area contributed by atoms with Gasteiger partial charge in [-0.3, -0.25) is 4.79 Å². The summed E-state index contributed by atoms with van der Waals surface area (Å²) < 4.78 is 4.52. The number of primary amides is 1. The number of benzene rings is 1. The van der Waals surface area contributed by atoms with E-state index in [2.05, 4.69) is 4.74 Å². The third kappa shape index (κ3) is 2.76. The summed E-state index contributed by atoms with van der Waals surface area (Å²) in [5.74, 6) is -0.270. The van der Waals surface area contributed by atoms with Gasteiger partial charge in [-0.1, -0.05) is 0 Å². The fourth-order valence-corrected chi connectivity index (χ4v) is 0.869. The molecule has 0 aliphatic rings. The van der Waals surface area contributed by atoms with Crippen LogP contribution in [0.1, 0.15) is 10.4 Å². The topological polar surface area (TPSA) is 69.4 Å². The van der Waals surface area contributed by atoms with Crippen LogP contribution in [0.25, 0.3) is 0 Å². The van der Waals surface area contributed by atoms with Crippen molar-refractivity contribution in [1.29, 1.82) is 0 Å². The van der Waals surface area contributed by atoms with Crippen molar-refractivity contribution in [3.8, 4) is 5.75 Å². The van der Waals surface area contributed by atoms with E-state index in [9.17, 15) is 9.59 Å². The van der Waals surface area contributed by atoms with Crippen molar-refractivity contribution >= 4 is 22.9 Å². The summed E-state index contributed by atoms with van der Waals surface area (Å²) in [6.07, 6.45) is 0. The molecule has 0 atom stereocenters. The molecule has 0 aliphatic heterocycles. The van der Waals surface area contributed by atoms with E-state index in [1.54, 1.807) is 0 Å². The molecule has 0 radical (unpaired) electrons. The van der Waals surface area contributed by atoms with Gasteiger partial charge in [-0.25, -0.2) is 4.79 Å². The van der Waals surface area contributed by atoms with E-state index in [0.717, 1.165) is 0 Å². The second-order valence-electron chi connectivity index (χ2n) is 2.23. The molecule has 13 heavy (non-hydrogen) atoms. The Kier molecular flexibility index (Phi) is 2.87. The Morgan fingerprint density at radius 2 is 1.77 bits per heavy atom. The van der Waals surface area contributed by atoms with Crippen molar-refractivity contribution in [2.24, 2.45) is 5.73 Å². The molecule has 1 aromatic carbocycles. The number of amides is 1. The van der Waals surface area contributed by atoms with E-state index in [1.165, 1.54) is 24.3 Å². The minimum Gasteiger partial charge on any atom is -0.415 e. The van der Waals surface area contributed by atoms with Crippen LogP contribution in [0.3, 0.4) is 0 Å². The first-order valence-corrected chi connectivity index (χ1v) is 3.74. The molecule has 0 heterocycles. The van der Waals surface area contributed by atoms with Crippen LogP contribution < -0.4 is 10.5 Å². The minimum absolute atomic E-state index is 0.269. The summed E-state index contributed by atoms with van der Waals surface area (Å²) in [5.41, 5.74) is 4.41. The first-order chi connectivity index (χ1) is 6.09. The number of hydrogen-bond donors (Lipinski definition) is 1. The third-order valence-corrected chi connectivity index (χ3v) is 1.41. The van der Waals surface area contributed by atoms with Gasteiger partial charge in [-0.05, 0) is 24.3 Å². The van der Waals surface area contributed by atoms with Crippen LogP contribution in [0.4, 0.5) is 4.79 Å². The highest BCUT2D eigenvalue weighted by molar-refractivity contribution is 6.61. The standard InChI is InChI=1S/C8H6ClNO3/c9-8(12)13-6-3-1-5(2-4-6)7(10)11/h1-4H,(H2,10,11). The van der Waals surface area contributed by atoms with Gasteiger partial charge in [0.25, 0.3) is 0 Å². The fraction of sp³-hybridized carbons (Fsp3) is 0. The molecule has 2 N–H and O–H groups in total. The SMILES string of the molecule is NC(=O)c1ccc(OC(=O)Cl)cc1. The molecular weight excluding hydrogens is 194 g/mol. The molecule has 1 rings (SSSR count). The predicted molar refractivity (Wildman–Crippen MR) is 46.8 cm³/mol.